The Bertz CT molecular complexity index is 1330. The molecule has 0 fully saturated rings. The Kier molecular flexibility index (Phi) is 3.88. The SMILES string of the molecule is COc1ccc2cc(-c3ccc4oc(=O)c(C(C)=O)cc4c3)c(=O)oc2c1. The van der Waals surface area contributed by atoms with Crippen LogP contribution in [0.3, 0.4) is 0 Å². The van der Waals surface area contributed by atoms with E-state index in [2.05, 4.69) is 0 Å². The van der Waals surface area contributed by atoms with Crippen LogP contribution in [0.5, 0.6) is 5.75 Å². The van der Waals surface area contributed by atoms with Gasteiger partial charge < -0.3 is 13.6 Å². The van der Waals surface area contributed by atoms with Gasteiger partial charge in [0, 0.05) is 16.8 Å². The molecule has 0 aliphatic carbocycles. The van der Waals surface area contributed by atoms with E-state index in [1.807, 2.05) is 0 Å². The maximum Gasteiger partial charge on any atom is 0.347 e. The fourth-order valence-corrected chi connectivity index (χ4v) is 2.96. The van der Waals surface area contributed by atoms with Crippen LogP contribution < -0.4 is 16.0 Å². The molecule has 0 unspecified atom stereocenters. The predicted octanol–water partition coefficient (Wildman–Crippen LogP) is 3.78. The number of benzene rings is 2. The van der Waals surface area contributed by atoms with Crippen LogP contribution in [0.4, 0.5) is 0 Å². The van der Waals surface area contributed by atoms with E-state index in [4.69, 9.17) is 13.6 Å². The van der Waals surface area contributed by atoms with Gasteiger partial charge in [-0.15, -0.1) is 0 Å². The second kappa shape index (κ2) is 6.25. The molecule has 0 spiro atoms. The zero-order valence-electron chi connectivity index (χ0n) is 14.6. The Morgan fingerprint density at radius 2 is 1.63 bits per heavy atom. The lowest BCUT2D eigenvalue weighted by Crippen LogP contribution is -2.11. The number of Topliss-reactive ketones (excluding diaryl/α,β-unsaturated/α-hetero) is 1. The third kappa shape index (κ3) is 2.91. The van der Waals surface area contributed by atoms with E-state index in [1.165, 1.54) is 20.1 Å². The smallest absolute Gasteiger partial charge is 0.347 e. The number of methoxy groups -OCH3 is 1. The molecular weight excluding hydrogens is 348 g/mol. The molecule has 6 heteroatoms. The van der Waals surface area contributed by atoms with E-state index in [0.717, 1.165) is 5.39 Å². The van der Waals surface area contributed by atoms with Crippen molar-refractivity contribution in [2.75, 3.05) is 7.11 Å². The number of carbonyl (C=O) groups is 1. The molecule has 6 nitrogen and oxygen atoms in total. The highest BCUT2D eigenvalue weighted by Gasteiger charge is 2.13. The molecule has 2 aromatic heterocycles. The summed E-state index contributed by atoms with van der Waals surface area (Å²) in [7, 11) is 1.54. The summed E-state index contributed by atoms with van der Waals surface area (Å²) in [6.45, 7) is 1.30. The average molecular weight is 362 g/mol. The molecule has 0 saturated carbocycles. The molecule has 0 aliphatic heterocycles. The Balaban J connectivity index is 1.92. The standard InChI is InChI=1S/C21H14O6/c1-11(22)16-9-14-7-12(4-6-18(14)26-20(16)23)17-8-13-3-5-15(25-2)10-19(13)27-21(17)24/h3-10H,1-2H3. The van der Waals surface area contributed by atoms with Crippen molar-refractivity contribution in [2.45, 2.75) is 6.92 Å². The van der Waals surface area contributed by atoms with Crippen LogP contribution in [0, 0.1) is 0 Å². The van der Waals surface area contributed by atoms with Gasteiger partial charge in [-0.25, -0.2) is 9.59 Å². The molecule has 4 aromatic rings. The van der Waals surface area contributed by atoms with Gasteiger partial charge in [0.1, 0.15) is 22.5 Å². The van der Waals surface area contributed by atoms with Gasteiger partial charge in [-0.2, -0.15) is 0 Å². The number of fused-ring (bicyclic) bond motifs is 2. The summed E-state index contributed by atoms with van der Waals surface area (Å²) < 4.78 is 15.7. The van der Waals surface area contributed by atoms with Crippen LogP contribution in [-0.2, 0) is 0 Å². The predicted molar refractivity (Wildman–Crippen MR) is 101 cm³/mol. The molecule has 0 bridgehead atoms. The van der Waals surface area contributed by atoms with Crippen molar-refractivity contribution in [1.29, 1.82) is 0 Å². The molecule has 0 radical (unpaired) electrons. The summed E-state index contributed by atoms with van der Waals surface area (Å²) in [5, 5.41) is 1.29. The average Bonchev–Trinajstić information content (AvgIpc) is 2.66. The highest BCUT2D eigenvalue weighted by Crippen LogP contribution is 2.26. The summed E-state index contributed by atoms with van der Waals surface area (Å²) in [5.41, 5.74) is 0.512. The topological polar surface area (TPSA) is 86.7 Å². The second-order valence-corrected chi connectivity index (χ2v) is 6.11. The van der Waals surface area contributed by atoms with Crippen LogP contribution >= 0.6 is 0 Å². The molecule has 0 N–H and O–H groups in total. The number of ketones is 1. The Morgan fingerprint density at radius 3 is 2.37 bits per heavy atom. The van der Waals surface area contributed by atoms with Gasteiger partial charge in [-0.3, -0.25) is 4.79 Å². The van der Waals surface area contributed by atoms with Crippen molar-refractivity contribution >= 4 is 27.7 Å². The number of ether oxygens (including phenoxy) is 1. The molecule has 2 heterocycles. The minimum Gasteiger partial charge on any atom is -0.497 e. The van der Waals surface area contributed by atoms with Crippen LogP contribution in [0.25, 0.3) is 33.1 Å². The van der Waals surface area contributed by atoms with Crippen LogP contribution in [0.2, 0.25) is 0 Å². The molecule has 0 saturated heterocycles. The van der Waals surface area contributed by atoms with Gasteiger partial charge in [0.15, 0.2) is 5.78 Å². The van der Waals surface area contributed by atoms with Crippen molar-refractivity contribution in [3.05, 3.63) is 74.9 Å². The lowest BCUT2D eigenvalue weighted by Gasteiger charge is -2.06. The summed E-state index contributed by atoms with van der Waals surface area (Å²) in [4.78, 5) is 35.9. The number of hydrogen-bond acceptors (Lipinski definition) is 6. The van der Waals surface area contributed by atoms with Gasteiger partial charge in [-0.1, -0.05) is 6.07 Å². The van der Waals surface area contributed by atoms with Crippen LogP contribution in [-0.4, -0.2) is 12.9 Å². The summed E-state index contributed by atoms with van der Waals surface area (Å²) >= 11 is 0. The van der Waals surface area contributed by atoms with E-state index in [-0.39, 0.29) is 11.3 Å². The molecule has 2 aromatic carbocycles. The quantitative estimate of drug-likeness (QED) is 0.407. The second-order valence-electron chi connectivity index (χ2n) is 6.11. The van der Waals surface area contributed by atoms with Gasteiger partial charge in [0.2, 0.25) is 0 Å². The van der Waals surface area contributed by atoms with Crippen molar-refractivity contribution in [2.24, 2.45) is 0 Å². The lowest BCUT2D eigenvalue weighted by molar-refractivity contribution is 0.101. The Labute approximate surface area is 152 Å². The molecule has 0 amide bonds. The van der Waals surface area contributed by atoms with Gasteiger partial charge >= 0.3 is 11.3 Å². The van der Waals surface area contributed by atoms with Crippen molar-refractivity contribution < 1.29 is 18.4 Å². The first-order chi connectivity index (χ1) is 13.0. The number of rotatable bonds is 3. The fraction of sp³-hybridized carbons (Fsp3) is 0.0952. The van der Waals surface area contributed by atoms with E-state index >= 15 is 0 Å². The normalized spacial score (nSPS) is 11.0. The maximum absolute atomic E-state index is 12.5. The molecular formula is C21H14O6. The molecule has 0 aliphatic rings. The fourth-order valence-electron chi connectivity index (χ4n) is 2.96. The van der Waals surface area contributed by atoms with E-state index in [0.29, 0.717) is 33.4 Å². The van der Waals surface area contributed by atoms with Gasteiger partial charge in [-0.05, 0) is 48.9 Å². The summed E-state index contributed by atoms with van der Waals surface area (Å²) in [5.74, 6) is 0.214. The van der Waals surface area contributed by atoms with E-state index in [1.54, 1.807) is 42.5 Å². The monoisotopic (exact) mass is 362 g/mol. The maximum atomic E-state index is 12.5. The largest absolute Gasteiger partial charge is 0.497 e. The molecule has 0 atom stereocenters. The van der Waals surface area contributed by atoms with Gasteiger partial charge in [0.25, 0.3) is 0 Å². The Morgan fingerprint density at radius 1 is 0.852 bits per heavy atom. The number of carbonyl (C=O) groups excluding carboxylic acids is 1. The van der Waals surface area contributed by atoms with Crippen molar-refractivity contribution in [1.82, 2.24) is 0 Å². The molecule has 4 rings (SSSR count). The zero-order chi connectivity index (χ0) is 19.1. The van der Waals surface area contributed by atoms with E-state index in [9.17, 15) is 14.4 Å². The first kappa shape index (κ1) is 16.8. The molecule has 134 valence electrons. The first-order valence-corrected chi connectivity index (χ1v) is 8.17. The van der Waals surface area contributed by atoms with Crippen LogP contribution in [0.15, 0.2) is 67.0 Å². The number of hydrogen-bond donors (Lipinski definition) is 0. The molecule has 27 heavy (non-hydrogen) atoms. The summed E-state index contributed by atoms with van der Waals surface area (Å²) in [6.07, 6.45) is 0. The minimum atomic E-state index is -0.679. The summed E-state index contributed by atoms with van der Waals surface area (Å²) in [6, 6.07) is 13.4. The third-order valence-electron chi connectivity index (χ3n) is 4.37. The first-order valence-electron chi connectivity index (χ1n) is 8.17. The third-order valence-corrected chi connectivity index (χ3v) is 4.37. The lowest BCUT2D eigenvalue weighted by atomic mass is 10.0. The minimum absolute atomic E-state index is 0.0303. The Hall–Kier alpha value is -3.67. The van der Waals surface area contributed by atoms with E-state index < -0.39 is 11.3 Å². The highest BCUT2D eigenvalue weighted by molar-refractivity contribution is 5.97. The zero-order valence-corrected chi connectivity index (χ0v) is 14.6. The van der Waals surface area contributed by atoms with Crippen molar-refractivity contribution in [3.63, 3.8) is 0 Å². The van der Waals surface area contributed by atoms with Crippen molar-refractivity contribution in [3.8, 4) is 16.9 Å². The highest BCUT2D eigenvalue weighted by atomic mass is 16.5. The van der Waals surface area contributed by atoms with Crippen LogP contribution in [0.1, 0.15) is 17.3 Å². The van der Waals surface area contributed by atoms with Gasteiger partial charge in [0.05, 0.1) is 12.7 Å².